The normalized spacial score (nSPS) is 10.8. The van der Waals surface area contributed by atoms with E-state index in [0.717, 1.165) is 27.4 Å². The number of aromatic nitrogens is 2. The number of fused-ring (bicyclic) bond motifs is 1. The van der Waals surface area contributed by atoms with Crippen molar-refractivity contribution >= 4 is 34.0 Å². The molecule has 25 heavy (non-hydrogen) atoms. The SMILES string of the molecule is Cn1c(-c2ccc(C(=O)NNc3ccccc3)s2)nc2ccccc21. The maximum absolute atomic E-state index is 12.3. The summed E-state index contributed by atoms with van der Waals surface area (Å²) in [5.74, 6) is 0.695. The number of rotatable bonds is 4. The van der Waals surface area contributed by atoms with Crippen molar-refractivity contribution in [2.75, 3.05) is 5.43 Å². The number of para-hydroxylation sites is 3. The fraction of sp³-hybridized carbons (Fsp3) is 0.0526. The predicted molar refractivity (Wildman–Crippen MR) is 102 cm³/mol. The Morgan fingerprint density at radius 3 is 2.56 bits per heavy atom. The average molecular weight is 348 g/mol. The fourth-order valence-corrected chi connectivity index (χ4v) is 3.58. The molecule has 5 nitrogen and oxygen atoms in total. The van der Waals surface area contributed by atoms with E-state index in [2.05, 4.69) is 15.8 Å². The number of amides is 1. The molecule has 0 aliphatic carbocycles. The number of hydrazine groups is 1. The quantitative estimate of drug-likeness (QED) is 0.547. The van der Waals surface area contributed by atoms with Crippen molar-refractivity contribution < 1.29 is 4.79 Å². The molecular formula is C19H16N4OS. The molecule has 2 heterocycles. The molecule has 0 fully saturated rings. The minimum Gasteiger partial charge on any atom is -0.326 e. The number of nitrogens with zero attached hydrogens (tertiary/aromatic N) is 2. The zero-order chi connectivity index (χ0) is 17.2. The molecular weight excluding hydrogens is 332 g/mol. The third-order valence-corrected chi connectivity index (χ3v) is 5.01. The molecule has 2 aromatic carbocycles. The van der Waals surface area contributed by atoms with Crippen molar-refractivity contribution in [2.24, 2.45) is 7.05 Å². The Morgan fingerprint density at radius 1 is 1.00 bits per heavy atom. The minimum atomic E-state index is -0.168. The van der Waals surface area contributed by atoms with E-state index in [1.54, 1.807) is 0 Å². The Labute approximate surface area is 148 Å². The van der Waals surface area contributed by atoms with Gasteiger partial charge in [0.1, 0.15) is 0 Å². The lowest BCUT2D eigenvalue weighted by Crippen LogP contribution is -2.28. The zero-order valence-corrected chi connectivity index (χ0v) is 14.4. The second-order valence-corrected chi connectivity index (χ2v) is 6.68. The highest BCUT2D eigenvalue weighted by atomic mass is 32.1. The van der Waals surface area contributed by atoms with Gasteiger partial charge < -0.3 is 4.57 Å². The summed E-state index contributed by atoms with van der Waals surface area (Å²) in [5, 5.41) is 0. The minimum absolute atomic E-state index is 0.168. The van der Waals surface area contributed by atoms with Crippen molar-refractivity contribution in [3.05, 3.63) is 71.6 Å². The second kappa shape index (κ2) is 6.41. The molecule has 0 atom stereocenters. The number of anilines is 1. The lowest BCUT2D eigenvalue weighted by molar-refractivity contribution is 0.0966. The van der Waals surface area contributed by atoms with E-state index in [1.165, 1.54) is 11.3 Å². The third kappa shape index (κ3) is 2.99. The highest BCUT2D eigenvalue weighted by Gasteiger charge is 2.14. The maximum Gasteiger partial charge on any atom is 0.279 e. The number of imidazole rings is 1. The zero-order valence-electron chi connectivity index (χ0n) is 13.6. The Bertz CT molecular complexity index is 1040. The molecule has 2 aromatic heterocycles. The van der Waals surface area contributed by atoms with Gasteiger partial charge in [-0.25, -0.2) is 4.98 Å². The molecule has 0 aliphatic heterocycles. The van der Waals surface area contributed by atoms with Crippen LogP contribution in [0.25, 0.3) is 21.7 Å². The fourth-order valence-electron chi connectivity index (χ4n) is 2.66. The van der Waals surface area contributed by atoms with Crippen LogP contribution in [0.5, 0.6) is 0 Å². The number of thiophene rings is 1. The number of carbonyl (C=O) groups excluding carboxylic acids is 1. The monoisotopic (exact) mass is 348 g/mol. The number of aryl methyl sites for hydroxylation is 1. The average Bonchev–Trinajstić information content (AvgIpc) is 3.26. The summed E-state index contributed by atoms with van der Waals surface area (Å²) in [6, 6.07) is 21.3. The molecule has 0 saturated heterocycles. The second-order valence-electron chi connectivity index (χ2n) is 5.59. The van der Waals surface area contributed by atoms with Crippen LogP contribution < -0.4 is 10.9 Å². The van der Waals surface area contributed by atoms with Crippen molar-refractivity contribution in [2.45, 2.75) is 0 Å². The summed E-state index contributed by atoms with van der Waals surface area (Å²) in [4.78, 5) is 18.6. The molecule has 0 bridgehead atoms. The van der Waals surface area contributed by atoms with Crippen LogP contribution in [0.2, 0.25) is 0 Å². The molecule has 2 N–H and O–H groups in total. The van der Waals surface area contributed by atoms with Gasteiger partial charge in [-0.1, -0.05) is 30.3 Å². The van der Waals surface area contributed by atoms with Gasteiger partial charge in [-0.15, -0.1) is 11.3 Å². The number of benzene rings is 2. The Morgan fingerprint density at radius 2 is 1.76 bits per heavy atom. The van der Waals surface area contributed by atoms with Crippen LogP contribution in [0.1, 0.15) is 9.67 Å². The smallest absolute Gasteiger partial charge is 0.279 e. The lowest BCUT2D eigenvalue weighted by atomic mass is 10.3. The summed E-state index contributed by atoms with van der Waals surface area (Å²) < 4.78 is 2.05. The standard InChI is InChI=1S/C19H16N4OS/c1-23-15-10-6-5-9-14(15)20-18(23)16-11-12-17(25-16)19(24)22-21-13-7-3-2-4-8-13/h2-12,21H,1H3,(H,22,24). The molecule has 0 aliphatic rings. The van der Waals surface area contributed by atoms with E-state index >= 15 is 0 Å². The molecule has 4 aromatic rings. The number of hydrogen-bond acceptors (Lipinski definition) is 4. The molecule has 0 radical (unpaired) electrons. The topological polar surface area (TPSA) is 59.0 Å². The van der Waals surface area contributed by atoms with Gasteiger partial charge in [-0.05, 0) is 36.4 Å². The Kier molecular flexibility index (Phi) is 3.95. The predicted octanol–water partition coefficient (Wildman–Crippen LogP) is 4.06. The van der Waals surface area contributed by atoms with Gasteiger partial charge in [-0.3, -0.25) is 15.6 Å². The molecule has 0 saturated carbocycles. The highest BCUT2D eigenvalue weighted by Crippen LogP contribution is 2.29. The van der Waals surface area contributed by atoms with Crippen molar-refractivity contribution in [3.63, 3.8) is 0 Å². The van der Waals surface area contributed by atoms with E-state index in [0.29, 0.717) is 4.88 Å². The summed E-state index contributed by atoms with van der Waals surface area (Å²) in [6.07, 6.45) is 0. The van der Waals surface area contributed by atoms with Gasteiger partial charge in [0, 0.05) is 7.05 Å². The molecule has 6 heteroatoms. The Hall–Kier alpha value is -3.12. The first-order chi connectivity index (χ1) is 12.2. The molecule has 0 unspecified atom stereocenters. The number of nitrogens with one attached hydrogen (secondary N) is 2. The summed E-state index contributed by atoms with van der Waals surface area (Å²) in [7, 11) is 1.99. The molecule has 4 rings (SSSR count). The van der Waals surface area contributed by atoms with Gasteiger partial charge in [0.2, 0.25) is 0 Å². The van der Waals surface area contributed by atoms with Gasteiger partial charge in [-0.2, -0.15) is 0 Å². The Balaban J connectivity index is 1.55. The van der Waals surface area contributed by atoms with Gasteiger partial charge in [0.15, 0.2) is 5.82 Å². The largest absolute Gasteiger partial charge is 0.326 e. The van der Waals surface area contributed by atoms with E-state index < -0.39 is 0 Å². The lowest BCUT2D eigenvalue weighted by Gasteiger charge is -2.06. The first kappa shape index (κ1) is 15.4. The van der Waals surface area contributed by atoms with Crippen LogP contribution in [-0.4, -0.2) is 15.5 Å². The first-order valence-electron chi connectivity index (χ1n) is 7.85. The van der Waals surface area contributed by atoms with E-state index in [-0.39, 0.29) is 5.91 Å². The highest BCUT2D eigenvalue weighted by molar-refractivity contribution is 7.17. The summed E-state index contributed by atoms with van der Waals surface area (Å²) in [5.41, 5.74) is 8.48. The van der Waals surface area contributed by atoms with Crippen LogP contribution in [-0.2, 0) is 7.05 Å². The molecule has 0 spiro atoms. The van der Waals surface area contributed by atoms with Crippen LogP contribution in [0.15, 0.2) is 66.7 Å². The van der Waals surface area contributed by atoms with Crippen LogP contribution in [0.3, 0.4) is 0 Å². The van der Waals surface area contributed by atoms with E-state index in [9.17, 15) is 4.79 Å². The van der Waals surface area contributed by atoms with Crippen molar-refractivity contribution in [1.29, 1.82) is 0 Å². The van der Waals surface area contributed by atoms with Gasteiger partial charge >= 0.3 is 0 Å². The van der Waals surface area contributed by atoms with E-state index in [1.807, 2.05) is 78.3 Å². The van der Waals surface area contributed by atoms with Crippen LogP contribution in [0, 0.1) is 0 Å². The summed E-state index contributed by atoms with van der Waals surface area (Å²) in [6.45, 7) is 0. The van der Waals surface area contributed by atoms with Crippen molar-refractivity contribution in [3.8, 4) is 10.7 Å². The first-order valence-corrected chi connectivity index (χ1v) is 8.67. The molecule has 1 amide bonds. The van der Waals surface area contributed by atoms with Gasteiger partial charge in [0.25, 0.3) is 5.91 Å². The van der Waals surface area contributed by atoms with Gasteiger partial charge in [0.05, 0.1) is 26.5 Å². The number of hydrogen-bond donors (Lipinski definition) is 2. The number of carbonyl (C=O) groups is 1. The van der Waals surface area contributed by atoms with Crippen LogP contribution in [0.4, 0.5) is 5.69 Å². The van der Waals surface area contributed by atoms with Crippen molar-refractivity contribution in [1.82, 2.24) is 15.0 Å². The third-order valence-electron chi connectivity index (χ3n) is 3.93. The van der Waals surface area contributed by atoms with Crippen LogP contribution >= 0.6 is 11.3 Å². The van der Waals surface area contributed by atoms with E-state index in [4.69, 9.17) is 0 Å². The maximum atomic E-state index is 12.3. The molecule has 124 valence electrons. The summed E-state index contributed by atoms with van der Waals surface area (Å²) >= 11 is 1.42.